The lowest BCUT2D eigenvalue weighted by Crippen LogP contribution is -2.30. The van der Waals surface area contributed by atoms with Crippen LogP contribution in [-0.2, 0) is 28.6 Å². The van der Waals surface area contributed by atoms with Gasteiger partial charge in [0.2, 0.25) is 0 Å². The van der Waals surface area contributed by atoms with Crippen molar-refractivity contribution in [2.75, 3.05) is 13.2 Å². The van der Waals surface area contributed by atoms with Crippen molar-refractivity contribution in [1.82, 2.24) is 0 Å². The number of unbranched alkanes of at least 4 members (excludes halogenated alkanes) is 19. The van der Waals surface area contributed by atoms with Gasteiger partial charge in [0, 0.05) is 19.3 Å². The third kappa shape index (κ3) is 54.7. The molecule has 0 spiro atoms. The topological polar surface area (TPSA) is 78.9 Å². The van der Waals surface area contributed by atoms with Crippen LogP contribution in [0.15, 0.2) is 122 Å². The van der Waals surface area contributed by atoms with Crippen LogP contribution in [0.3, 0.4) is 0 Å². The van der Waals surface area contributed by atoms with Crippen molar-refractivity contribution in [3.05, 3.63) is 122 Å². The Morgan fingerprint density at radius 1 is 0.300 bits per heavy atom. The summed E-state index contributed by atoms with van der Waals surface area (Å²) in [7, 11) is 0. The van der Waals surface area contributed by atoms with Crippen molar-refractivity contribution in [2.45, 2.75) is 252 Å². The van der Waals surface area contributed by atoms with E-state index >= 15 is 0 Å². The highest BCUT2D eigenvalue weighted by Gasteiger charge is 2.19. The molecule has 0 amide bonds. The van der Waals surface area contributed by atoms with Crippen LogP contribution in [0.5, 0.6) is 0 Å². The number of esters is 3. The highest BCUT2D eigenvalue weighted by atomic mass is 16.6. The first-order valence-corrected chi connectivity index (χ1v) is 28.5. The van der Waals surface area contributed by atoms with Crippen molar-refractivity contribution >= 4 is 17.9 Å². The standard InChI is InChI=1S/C64H104O6/c1-4-7-10-13-16-19-22-25-27-29-30-31-32-33-34-35-37-39-42-45-48-51-54-57-63(66)69-60-61(59-68-62(65)56-53-50-47-44-41-38-24-21-18-15-12-9-6-3)70-64(67)58-55-52-49-46-43-40-36-28-26-23-20-17-14-11-8-5-2/h7,10,16,19-21,23-25,27-28,30-31,33-34,36-37,39,45,48,61H,4-6,8-9,11-15,17-18,22,26,29,32,35,38,40-44,46-47,49-60H2,1-3H3/b10-7-,19-16-,23-20-,24-21-,27-25-,31-30-,34-33-,36-28-,39-37-,48-45-. The third-order valence-electron chi connectivity index (χ3n) is 11.7. The Hall–Kier alpha value is -4.19. The zero-order valence-corrected chi connectivity index (χ0v) is 45.2. The number of carbonyl (C=O) groups excluding carboxylic acids is 3. The maximum atomic E-state index is 12.8. The molecule has 70 heavy (non-hydrogen) atoms. The molecule has 1 atom stereocenters. The van der Waals surface area contributed by atoms with Gasteiger partial charge in [0.15, 0.2) is 6.10 Å². The fraction of sp³-hybridized carbons (Fsp3) is 0.641. The Kier molecular flexibility index (Phi) is 54.0. The van der Waals surface area contributed by atoms with Gasteiger partial charge in [0.05, 0.1) is 0 Å². The second kappa shape index (κ2) is 57.4. The first kappa shape index (κ1) is 65.8. The van der Waals surface area contributed by atoms with Gasteiger partial charge >= 0.3 is 17.9 Å². The summed E-state index contributed by atoms with van der Waals surface area (Å²) in [5.74, 6) is -0.996. The molecule has 0 N–H and O–H groups in total. The minimum atomic E-state index is -0.816. The first-order chi connectivity index (χ1) is 34.5. The van der Waals surface area contributed by atoms with Crippen LogP contribution in [0.25, 0.3) is 0 Å². The van der Waals surface area contributed by atoms with Crippen molar-refractivity contribution in [2.24, 2.45) is 0 Å². The van der Waals surface area contributed by atoms with Crippen LogP contribution in [0.4, 0.5) is 0 Å². The van der Waals surface area contributed by atoms with Crippen LogP contribution >= 0.6 is 0 Å². The van der Waals surface area contributed by atoms with Crippen molar-refractivity contribution in [3.63, 3.8) is 0 Å². The van der Waals surface area contributed by atoms with Crippen LogP contribution in [0.1, 0.15) is 245 Å². The maximum absolute atomic E-state index is 12.8. The van der Waals surface area contributed by atoms with Crippen LogP contribution in [-0.4, -0.2) is 37.2 Å². The molecule has 0 aromatic carbocycles. The molecule has 1 unspecified atom stereocenters. The Bertz CT molecular complexity index is 1490. The summed E-state index contributed by atoms with van der Waals surface area (Å²) >= 11 is 0. The van der Waals surface area contributed by atoms with E-state index in [0.717, 1.165) is 128 Å². The number of ether oxygens (including phenoxy) is 3. The van der Waals surface area contributed by atoms with Crippen molar-refractivity contribution in [1.29, 1.82) is 0 Å². The summed E-state index contributed by atoms with van der Waals surface area (Å²) in [6.45, 7) is 6.42. The van der Waals surface area contributed by atoms with Crippen molar-refractivity contribution < 1.29 is 28.6 Å². The number of hydrogen-bond donors (Lipinski definition) is 0. The minimum absolute atomic E-state index is 0.109. The van der Waals surface area contributed by atoms with Crippen LogP contribution in [0.2, 0.25) is 0 Å². The Morgan fingerprint density at radius 2 is 0.571 bits per heavy atom. The van der Waals surface area contributed by atoms with Gasteiger partial charge in [0.25, 0.3) is 0 Å². The van der Waals surface area contributed by atoms with E-state index in [-0.39, 0.29) is 37.5 Å². The molecule has 0 saturated heterocycles. The predicted molar refractivity (Wildman–Crippen MR) is 302 cm³/mol. The molecule has 0 aromatic heterocycles. The fourth-order valence-electron chi connectivity index (χ4n) is 7.40. The summed E-state index contributed by atoms with van der Waals surface area (Å²) in [6, 6.07) is 0. The van der Waals surface area contributed by atoms with E-state index in [1.807, 2.05) is 0 Å². The SMILES string of the molecule is CC/C=C\C/C=C\C/C=C\C/C=C\C/C=C\C/C=C\C/C=C\CCCC(=O)OCC(COC(=O)CCCCCCC/C=C\CCCCCC)OC(=O)CCCCCCC/C=C\C/C=C\CCCCCC. The maximum Gasteiger partial charge on any atom is 0.306 e. The van der Waals surface area contributed by atoms with Gasteiger partial charge < -0.3 is 14.2 Å². The monoisotopic (exact) mass is 969 g/mol. The second-order valence-electron chi connectivity index (χ2n) is 18.5. The van der Waals surface area contributed by atoms with E-state index in [0.29, 0.717) is 19.3 Å². The number of hydrogen-bond acceptors (Lipinski definition) is 6. The number of allylic oxidation sites excluding steroid dienone is 20. The molecule has 0 saturated carbocycles. The van der Waals surface area contributed by atoms with Gasteiger partial charge in [-0.25, -0.2) is 0 Å². The Labute approximate surface area is 431 Å². The zero-order valence-electron chi connectivity index (χ0n) is 45.2. The summed E-state index contributed by atoms with van der Waals surface area (Å²) in [4.78, 5) is 38.1. The van der Waals surface area contributed by atoms with Gasteiger partial charge in [-0.05, 0) is 128 Å². The van der Waals surface area contributed by atoms with E-state index in [9.17, 15) is 14.4 Å². The highest BCUT2D eigenvalue weighted by Crippen LogP contribution is 2.13. The molecule has 396 valence electrons. The molecule has 6 nitrogen and oxygen atoms in total. The van der Waals surface area contributed by atoms with E-state index < -0.39 is 6.10 Å². The first-order valence-electron chi connectivity index (χ1n) is 28.5. The lowest BCUT2D eigenvalue weighted by atomic mass is 10.1. The van der Waals surface area contributed by atoms with Crippen LogP contribution in [0, 0.1) is 0 Å². The lowest BCUT2D eigenvalue weighted by Gasteiger charge is -2.18. The van der Waals surface area contributed by atoms with Crippen molar-refractivity contribution in [3.8, 4) is 0 Å². The number of carbonyl (C=O) groups is 3. The fourth-order valence-corrected chi connectivity index (χ4v) is 7.40. The van der Waals surface area contributed by atoms with Gasteiger partial charge in [0.1, 0.15) is 13.2 Å². The molecule has 0 aliphatic rings. The molecular weight excluding hydrogens is 865 g/mol. The molecule has 0 rings (SSSR count). The zero-order chi connectivity index (χ0) is 50.7. The smallest absolute Gasteiger partial charge is 0.306 e. The van der Waals surface area contributed by atoms with Gasteiger partial charge in [-0.3, -0.25) is 14.4 Å². The molecular formula is C64H104O6. The normalized spacial score (nSPS) is 13.0. The average molecular weight is 970 g/mol. The summed E-state index contributed by atoms with van der Waals surface area (Å²) in [5.41, 5.74) is 0. The molecule has 6 heteroatoms. The largest absolute Gasteiger partial charge is 0.462 e. The average Bonchev–Trinajstić information content (AvgIpc) is 3.36. The second-order valence-corrected chi connectivity index (χ2v) is 18.5. The molecule has 0 aliphatic heterocycles. The van der Waals surface area contributed by atoms with E-state index in [1.165, 1.54) is 70.6 Å². The summed E-state index contributed by atoms with van der Waals surface area (Å²) in [6.07, 6.45) is 79.0. The highest BCUT2D eigenvalue weighted by molar-refractivity contribution is 5.71. The molecule has 0 aromatic rings. The quantitative estimate of drug-likeness (QED) is 0.0262. The predicted octanol–water partition coefficient (Wildman–Crippen LogP) is 19.3. The van der Waals surface area contributed by atoms with Crippen LogP contribution < -0.4 is 0 Å². The van der Waals surface area contributed by atoms with Gasteiger partial charge in [-0.2, -0.15) is 0 Å². The van der Waals surface area contributed by atoms with Gasteiger partial charge in [-0.1, -0.05) is 219 Å². The molecule has 0 heterocycles. The molecule has 0 radical (unpaired) electrons. The van der Waals surface area contributed by atoms with E-state index in [1.54, 1.807) is 0 Å². The number of rotatable bonds is 50. The van der Waals surface area contributed by atoms with Gasteiger partial charge in [-0.15, -0.1) is 0 Å². The molecule has 0 bridgehead atoms. The Balaban J connectivity index is 4.51. The third-order valence-corrected chi connectivity index (χ3v) is 11.7. The summed E-state index contributed by atoms with van der Waals surface area (Å²) in [5, 5.41) is 0. The lowest BCUT2D eigenvalue weighted by molar-refractivity contribution is -0.167. The van der Waals surface area contributed by atoms with E-state index in [2.05, 4.69) is 142 Å². The Morgan fingerprint density at radius 3 is 0.943 bits per heavy atom. The minimum Gasteiger partial charge on any atom is -0.462 e. The van der Waals surface area contributed by atoms with E-state index in [4.69, 9.17) is 14.2 Å². The molecule has 0 aliphatic carbocycles. The summed E-state index contributed by atoms with van der Waals surface area (Å²) < 4.78 is 16.8. The molecule has 0 fully saturated rings.